The highest BCUT2D eigenvalue weighted by molar-refractivity contribution is 5.56. The van der Waals surface area contributed by atoms with Crippen molar-refractivity contribution in [2.75, 3.05) is 13.1 Å². The smallest absolute Gasteiger partial charge is 0.133 e. The van der Waals surface area contributed by atoms with E-state index in [1.807, 2.05) is 18.5 Å². The van der Waals surface area contributed by atoms with Crippen LogP contribution in [0.1, 0.15) is 18.2 Å². The lowest BCUT2D eigenvalue weighted by molar-refractivity contribution is 0.703. The van der Waals surface area contributed by atoms with Crippen LogP contribution in [-0.4, -0.2) is 33.3 Å². The third-order valence-corrected chi connectivity index (χ3v) is 2.89. The van der Waals surface area contributed by atoms with Gasteiger partial charge in [-0.2, -0.15) is 5.10 Å². The van der Waals surface area contributed by atoms with Gasteiger partial charge in [-0.1, -0.05) is 0 Å². The Morgan fingerprint density at radius 2 is 2.38 bits per heavy atom. The van der Waals surface area contributed by atoms with Crippen LogP contribution in [0.2, 0.25) is 0 Å². The van der Waals surface area contributed by atoms with Gasteiger partial charge in [0.1, 0.15) is 5.82 Å². The topological polar surface area (TPSA) is 66.5 Å². The molecule has 1 saturated heterocycles. The zero-order valence-electron chi connectivity index (χ0n) is 8.85. The Kier molecular flexibility index (Phi) is 2.38. The Bertz CT molecular complexity index is 459. The van der Waals surface area contributed by atoms with Gasteiger partial charge >= 0.3 is 0 Å². The summed E-state index contributed by atoms with van der Waals surface area (Å²) in [5.41, 5.74) is 1.94. The van der Waals surface area contributed by atoms with Crippen molar-refractivity contribution in [2.24, 2.45) is 0 Å². The summed E-state index contributed by atoms with van der Waals surface area (Å²) in [6.45, 7) is 2.04. The summed E-state index contributed by atoms with van der Waals surface area (Å²) in [7, 11) is 0. The number of nitrogens with zero attached hydrogens (tertiary/aromatic N) is 3. The maximum atomic E-state index is 4.59. The van der Waals surface area contributed by atoms with Crippen LogP contribution in [0.15, 0.2) is 24.7 Å². The van der Waals surface area contributed by atoms with E-state index < -0.39 is 0 Å². The van der Waals surface area contributed by atoms with Crippen molar-refractivity contribution >= 4 is 0 Å². The minimum absolute atomic E-state index is 0.451. The molecule has 0 radical (unpaired) electrons. The number of aromatic amines is 1. The molecule has 0 unspecified atom stereocenters. The Labute approximate surface area is 93.3 Å². The van der Waals surface area contributed by atoms with E-state index in [-0.39, 0.29) is 0 Å². The first-order chi connectivity index (χ1) is 7.93. The van der Waals surface area contributed by atoms with Gasteiger partial charge < -0.3 is 5.32 Å². The second-order valence-corrected chi connectivity index (χ2v) is 3.98. The Morgan fingerprint density at radius 1 is 1.38 bits per heavy atom. The van der Waals surface area contributed by atoms with E-state index >= 15 is 0 Å². The number of hydrogen-bond donors (Lipinski definition) is 2. The third-order valence-electron chi connectivity index (χ3n) is 2.89. The van der Waals surface area contributed by atoms with Crippen molar-refractivity contribution in [3.8, 4) is 11.3 Å². The van der Waals surface area contributed by atoms with Crippen LogP contribution in [0.3, 0.4) is 0 Å². The van der Waals surface area contributed by atoms with Crippen LogP contribution in [0.25, 0.3) is 11.3 Å². The fourth-order valence-electron chi connectivity index (χ4n) is 2.00. The monoisotopic (exact) mass is 215 g/mol. The van der Waals surface area contributed by atoms with E-state index in [4.69, 9.17) is 0 Å². The normalized spacial score (nSPS) is 20.1. The molecule has 5 nitrogen and oxygen atoms in total. The molecule has 1 fully saturated rings. The van der Waals surface area contributed by atoms with Crippen molar-refractivity contribution in [3.05, 3.63) is 30.5 Å². The van der Waals surface area contributed by atoms with Gasteiger partial charge in [-0.3, -0.25) is 5.10 Å². The summed E-state index contributed by atoms with van der Waals surface area (Å²) < 4.78 is 0. The first kappa shape index (κ1) is 9.47. The maximum absolute atomic E-state index is 4.59. The van der Waals surface area contributed by atoms with Crippen molar-refractivity contribution in [1.82, 2.24) is 25.5 Å². The highest BCUT2D eigenvalue weighted by Gasteiger charge is 2.19. The molecule has 1 aliphatic heterocycles. The summed E-state index contributed by atoms with van der Waals surface area (Å²) in [5.74, 6) is 1.38. The molecular weight excluding hydrogens is 202 g/mol. The molecule has 1 atom stereocenters. The molecule has 2 N–H and O–H groups in total. The van der Waals surface area contributed by atoms with Crippen LogP contribution in [0, 0.1) is 0 Å². The van der Waals surface area contributed by atoms with Gasteiger partial charge in [0.2, 0.25) is 0 Å². The number of aromatic nitrogens is 4. The molecule has 0 saturated carbocycles. The average Bonchev–Trinajstić information content (AvgIpc) is 3.03. The maximum Gasteiger partial charge on any atom is 0.133 e. The highest BCUT2D eigenvalue weighted by atomic mass is 15.1. The average molecular weight is 215 g/mol. The summed E-state index contributed by atoms with van der Waals surface area (Å²) in [5, 5.41) is 10.0. The van der Waals surface area contributed by atoms with Gasteiger partial charge in [0, 0.05) is 30.4 Å². The Balaban J connectivity index is 1.93. The first-order valence-corrected chi connectivity index (χ1v) is 5.46. The second-order valence-electron chi connectivity index (χ2n) is 3.98. The lowest BCUT2D eigenvalue weighted by Gasteiger charge is -2.07. The van der Waals surface area contributed by atoms with Gasteiger partial charge in [0.05, 0.1) is 11.9 Å². The number of nitrogens with one attached hydrogen (secondary N) is 2. The fourth-order valence-corrected chi connectivity index (χ4v) is 2.00. The second kappa shape index (κ2) is 4.02. The molecule has 82 valence electrons. The van der Waals surface area contributed by atoms with Crippen molar-refractivity contribution in [3.63, 3.8) is 0 Å². The van der Waals surface area contributed by atoms with Crippen LogP contribution in [0.5, 0.6) is 0 Å². The molecule has 0 amide bonds. The third kappa shape index (κ3) is 1.69. The quantitative estimate of drug-likeness (QED) is 0.782. The van der Waals surface area contributed by atoms with E-state index in [2.05, 4.69) is 25.5 Å². The molecular formula is C11H13N5. The lowest BCUT2D eigenvalue weighted by Crippen LogP contribution is -2.10. The van der Waals surface area contributed by atoms with Crippen molar-refractivity contribution in [2.45, 2.75) is 12.3 Å². The molecule has 1 aliphatic rings. The van der Waals surface area contributed by atoms with Crippen LogP contribution >= 0.6 is 0 Å². The largest absolute Gasteiger partial charge is 0.316 e. The van der Waals surface area contributed by atoms with E-state index in [9.17, 15) is 0 Å². The number of hydrogen-bond acceptors (Lipinski definition) is 4. The van der Waals surface area contributed by atoms with Gasteiger partial charge in [-0.15, -0.1) is 0 Å². The number of rotatable bonds is 2. The molecule has 0 spiro atoms. The lowest BCUT2D eigenvalue weighted by atomic mass is 10.1. The molecule has 3 heterocycles. The highest BCUT2D eigenvalue weighted by Crippen LogP contribution is 2.21. The van der Waals surface area contributed by atoms with Crippen LogP contribution in [0.4, 0.5) is 0 Å². The van der Waals surface area contributed by atoms with Gasteiger partial charge in [-0.25, -0.2) is 9.97 Å². The molecule has 2 aromatic heterocycles. The summed E-state index contributed by atoms with van der Waals surface area (Å²) in [6.07, 6.45) is 6.57. The van der Waals surface area contributed by atoms with Gasteiger partial charge in [-0.05, 0) is 19.0 Å². The van der Waals surface area contributed by atoms with Crippen LogP contribution < -0.4 is 5.32 Å². The molecule has 16 heavy (non-hydrogen) atoms. The molecule has 0 aliphatic carbocycles. The molecule has 5 heteroatoms. The van der Waals surface area contributed by atoms with E-state index in [1.165, 1.54) is 0 Å². The zero-order chi connectivity index (χ0) is 10.8. The molecule has 0 aromatic carbocycles. The first-order valence-electron chi connectivity index (χ1n) is 5.46. The van der Waals surface area contributed by atoms with Gasteiger partial charge in [0.25, 0.3) is 0 Å². The summed E-state index contributed by atoms with van der Waals surface area (Å²) >= 11 is 0. The van der Waals surface area contributed by atoms with Crippen molar-refractivity contribution in [1.29, 1.82) is 0 Å². The predicted octanol–water partition coefficient (Wildman–Crippen LogP) is 0.944. The van der Waals surface area contributed by atoms with Crippen LogP contribution in [-0.2, 0) is 0 Å². The van der Waals surface area contributed by atoms with Gasteiger partial charge in [0.15, 0.2) is 0 Å². The van der Waals surface area contributed by atoms with E-state index in [1.54, 1.807) is 6.20 Å². The minimum atomic E-state index is 0.451. The summed E-state index contributed by atoms with van der Waals surface area (Å²) in [4.78, 5) is 8.94. The van der Waals surface area contributed by atoms with Crippen molar-refractivity contribution < 1.29 is 0 Å². The molecule has 2 aromatic rings. The van der Waals surface area contributed by atoms with E-state index in [0.29, 0.717) is 5.92 Å². The SMILES string of the molecule is c1cc(-c2cn[nH]c2)nc([C@@H]2CCNC2)n1. The zero-order valence-corrected chi connectivity index (χ0v) is 8.85. The molecule has 3 rings (SSSR count). The Morgan fingerprint density at radius 3 is 3.12 bits per heavy atom. The predicted molar refractivity (Wildman–Crippen MR) is 59.8 cm³/mol. The molecule has 0 bridgehead atoms. The fraction of sp³-hybridized carbons (Fsp3) is 0.364. The van der Waals surface area contributed by atoms with E-state index in [0.717, 1.165) is 36.6 Å². The Hall–Kier alpha value is -1.75. The number of H-pyrrole nitrogens is 1. The minimum Gasteiger partial charge on any atom is -0.316 e. The standard InChI is InChI=1S/C11H13N5/c1-3-12-5-8(1)11-13-4-2-10(16-11)9-6-14-15-7-9/h2,4,6-8,12H,1,3,5H2,(H,14,15)/t8-/m1/s1. The summed E-state index contributed by atoms with van der Waals surface area (Å²) in [6, 6.07) is 1.91.